The molecule has 1 amide bonds. The summed E-state index contributed by atoms with van der Waals surface area (Å²) in [4.78, 5) is 45.9. The van der Waals surface area contributed by atoms with E-state index in [2.05, 4.69) is 11.6 Å². The number of aromatic nitrogens is 1. The zero-order chi connectivity index (χ0) is 24.9. The first kappa shape index (κ1) is 23.4. The second-order valence-corrected chi connectivity index (χ2v) is 9.97. The quantitative estimate of drug-likeness (QED) is 0.427. The molecule has 3 heterocycles. The lowest BCUT2D eigenvalue weighted by Gasteiger charge is -2.36. The van der Waals surface area contributed by atoms with Crippen molar-refractivity contribution < 1.29 is 28.2 Å². The van der Waals surface area contributed by atoms with E-state index in [-0.39, 0.29) is 29.3 Å². The molecule has 1 saturated carbocycles. The molecule has 4 unspecified atom stereocenters. The van der Waals surface area contributed by atoms with E-state index in [1.54, 1.807) is 37.3 Å². The second kappa shape index (κ2) is 9.03. The molecule has 35 heavy (non-hydrogen) atoms. The van der Waals surface area contributed by atoms with Crippen LogP contribution in [-0.2, 0) is 14.3 Å². The topological polar surface area (TPSA) is 85.8 Å². The van der Waals surface area contributed by atoms with Crippen LogP contribution in [0.2, 0.25) is 0 Å². The number of thiazole rings is 1. The van der Waals surface area contributed by atoms with Gasteiger partial charge in [0.25, 0.3) is 5.91 Å². The number of nitrogens with zero attached hydrogens (tertiary/aromatic N) is 2. The van der Waals surface area contributed by atoms with Gasteiger partial charge in [-0.2, -0.15) is 0 Å². The Labute approximate surface area is 206 Å². The van der Waals surface area contributed by atoms with Crippen LogP contribution in [0.1, 0.15) is 53.2 Å². The number of alkyl halides is 1. The Bertz CT molecular complexity index is 1270. The van der Waals surface area contributed by atoms with Crippen molar-refractivity contribution in [2.75, 3.05) is 11.5 Å². The number of rotatable bonds is 6. The predicted octanol–water partition coefficient (Wildman–Crippen LogP) is 4.67. The number of carbonyl (C=O) groups is 3. The number of anilines is 1. The molecule has 1 aliphatic carbocycles. The fourth-order valence-corrected chi connectivity index (χ4v) is 6.06. The van der Waals surface area contributed by atoms with Crippen LogP contribution in [0.5, 0.6) is 5.75 Å². The first-order valence-corrected chi connectivity index (χ1v) is 12.4. The minimum atomic E-state index is -1.08. The number of hydrogen-bond donors (Lipinski definition) is 0. The summed E-state index contributed by atoms with van der Waals surface area (Å²) < 4.78 is 26.0. The third-order valence-corrected chi connectivity index (χ3v) is 7.89. The van der Waals surface area contributed by atoms with E-state index in [9.17, 15) is 18.8 Å². The van der Waals surface area contributed by atoms with Gasteiger partial charge in [-0.15, -0.1) is 0 Å². The molecule has 0 N–H and O–H groups in total. The minimum absolute atomic E-state index is 0.00630. The van der Waals surface area contributed by atoms with Crippen LogP contribution in [0.15, 0.2) is 48.3 Å². The van der Waals surface area contributed by atoms with E-state index in [1.807, 2.05) is 0 Å². The van der Waals surface area contributed by atoms with E-state index >= 15 is 0 Å². The maximum Gasteiger partial charge on any atom is 0.296 e. The van der Waals surface area contributed by atoms with E-state index in [4.69, 9.17) is 9.47 Å². The average Bonchev–Trinajstić information content (AvgIpc) is 3.36. The number of carbonyl (C=O) groups excluding carboxylic acids is 3. The van der Waals surface area contributed by atoms with Gasteiger partial charge in [0, 0.05) is 6.92 Å². The normalized spacial score (nSPS) is 25.7. The van der Waals surface area contributed by atoms with Gasteiger partial charge >= 0.3 is 0 Å². The predicted molar refractivity (Wildman–Crippen MR) is 128 cm³/mol. The van der Waals surface area contributed by atoms with E-state index in [0.717, 1.165) is 11.3 Å². The van der Waals surface area contributed by atoms with E-state index in [1.165, 1.54) is 11.8 Å². The van der Waals surface area contributed by atoms with Gasteiger partial charge in [0.2, 0.25) is 0 Å². The Morgan fingerprint density at radius 1 is 1.37 bits per heavy atom. The van der Waals surface area contributed by atoms with Crippen molar-refractivity contribution in [2.24, 2.45) is 5.92 Å². The van der Waals surface area contributed by atoms with Gasteiger partial charge in [-0.25, -0.2) is 9.37 Å². The van der Waals surface area contributed by atoms with Crippen molar-refractivity contribution in [3.8, 4) is 5.75 Å². The fraction of sp³-hybridized carbons (Fsp3) is 0.385. The third kappa shape index (κ3) is 3.97. The van der Waals surface area contributed by atoms with Crippen LogP contribution in [0.4, 0.5) is 9.52 Å². The van der Waals surface area contributed by atoms with Crippen LogP contribution in [0.25, 0.3) is 0 Å². The Hall–Kier alpha value is -3.33. The summed E-state index contributed by atoms with van der Waals surface area (Å²) in [5.41, 5.74) is 1.35. The van der Waals surface area contributed by atoms with E-state index < -0.39 is 30.1 Å². The summed E-state index contributed by atoms with van der Waals surface area (Å²) >= 11 is 1.10. The number of hydrogen-bond acceptors (Lipinski definition) is 7. The van der Waals surface area contributed by atoms with Crippen molar-refractivity contribution in [3.05, 3.63) is 64.4 Å². The molecule has 5 rings (SSSR count). The van der Waals surface area contributed by atoms with Gasteiger partial charge in [-0.3, -0.25) is 19.3 Å². The highest BCUT2D eigenvalue weighted by Gasteiger charge is 2.54. The molecule has 3 aliphatic rings. The molecule has 1 fully saturated rings. The van der Waals surface area contributed by atoms with Gasteiger partial charge in [0.1, 0.15) is 24.6 Å². The van der Waals surface area contributed by atoms with Crippen LogP contribution in [-0.4, -0.2) is 41.3 Å². The van der Waals surface area contributed by atoms with Gasteiger partial charge in [-0.05, 0) is 43.9 Å². The molecule has 182 valence electrons. The van der Waals surface area contributed by atoms with Crippen molar-refractivity contribution in [3.63, 3.8) is 0 Å². The molecule has 0 bridgehead atoms. The van der Waals surface area contributed by atoms with Crippen LogP contribution in [0.3, 0.4) is 0 Å². The van der Waals surface area contributed by atoms with Gasteiger partial charge in [-0.1, -0.05) is 36.1 Å². The van der Waals surface area contributed by atoms with Crippen LogP contribution >= 0.6 is 11.3 Å². The lowest BCUT2D eigenvalue weighted by molar-refractivity contribution is -0.133. The number of Topliss-reactive ketones (excluding diaryl/α,β-unsaturated/α-hetero) is 2. The number of halogens is 1. The number of amides is 1. The smallest absolute Gasteiger partial charge is 0.296 e. The average molecular weight is 497 g/mol. The Morgan fingerprint density at radius 3 is 2.89 bits per heavy atom. The molecule has 2 aliphatic heterocycles. The highest BCUT2D eigenvalue weighted by molar-refractivity contribution is 7.17. The number of ketones is 2. The lowest BCUT2D eigenvalue weighted by Crippen LogP contribution is -2.42. The second-order valence-electron chi connectivity index (χ2n) is 9.00. The summed E-state index contributed by atoms with van der Waals surface area (Å²) in [5.74, 6) is -1.00. The Morgan fingerprint density at radius 2 is 2.17 bits per heavy atom. The number of benzene rings is 1. The van der Waals surface area contributed by atoms with Gasteiger partial charge in [0.15, 0.2) is 22.5 Å². The number of fused-ring (bicyclic) bond motifs is 1. The van der Waals surface area contributed by atoms with Crippen molar-refractivity contribution >= 4 is 33.9 Å². The van der Waals surface area contributed by atoms with Crippen LogP contribution in [0, 0.1) is 12.8 Å². The summed E-state index contributed by atoms with van der Waals surface area (Å²) in [5, 5.41) is 0.303. The molecule has 1 aromatic carbocycles. The van der Waals surface area contributed by atoms with E-state index in [0.29, 0.717) is 46.5 Å². The fourth-order valence-electron chi connectivity index (χ4n) is 5.07. The molecule has 0 radical (unpaired) electrons. The molecule has 0 saturated heterocycles. The van der Waals surface area contributed by atoms with Crippen molar-refractivity contribution in [1.29, 1.82) is 0 Å². The van der Waals surface area contributed by atoms with Gasteiger partial charge in [0.05, 0.1) is 28.1 Å². The third-order valence-electron chi connectivity index (χ3n) is 6.64. The molecular weight excluding hydrogens is 471 g/mol. The maximum atomic E-state index is 14.2. The molecular formula is C26H25FN2O5S. The summed E-state index contributed by atoms with van der Waals surface area (Å²) in [6, 6.07) is 6.28. The summed E-state index contributed by atoms with van der Waals surface area (Å²) in [7, 11) is 0. The largest absolute Gasteiger partial charge is 0.490 e. The number of ether oxygens (including phenoxy) is 2. The monoisotopic (exact) mass is 496 g/mol. The molecule has 9 heteroatoms. The molecule has 4 atom stereocenters. The number of aryl methyl sites for hydroxylation is 1. The van der Waals surface area contributed by atoms with Gasteiger partial charge < -0.3 is 9.47 Å². The van der Waals surface area contributed by atoms with Crippen molar-refractivity contribution in [1.82, 2.24) is 4.98 Å². The molecule has 7 nitrogen and oxygen atoms in total. The van der Waals surface area contributed by atoms with Crippen LogP contribution < -0.4 is 9.64 Å². The summed E-state index contributed by atoms with van der Waals surface area (Å²) in [6.07, 6.45) is 0.777. The molecule has 0 spiro atoms. The SMILES string of the molecule is C=CCOc1cccc(C2C3=C(OC4CCC(F)CC4C3=O)C(=O)N2c2nc(C)c(C(C)=O)s2)c1. The Kier molecular flexibility index (Phi) is 6.04. The minimum Gasteiger partial charge on any atom is -0.490 e. The maximum absolute atomic E-state index is 14.2. The summed E-state index contributed by atoms with van der Waals surface area (Å²) in [6.45, 7) is 7.11. The zero-order valence-corrected chi connectivity index (χ0v) is 20.3. The first-order chi connectivity index (χ1) is 16.8. The molecule has 1 aromatic heterocycles. The highest BCUT2D eigenvalue weighted by Crippen LogP contribution is 2.49. The first-order valence-electron chi connectivity index (χ1n) is 11.5. The highest BCUT2D eigenvalue weighted by atomic mass is 32.1. The van der Waals surface area contributed by atoms with Crippen molar-refractivity contribution in [2.45, 2.75) is 51.4 Å². The zero-order valence-electron chi connectivity index (χ0n) is 19.5. The lowest BCUT2D eigenvalue weighted by atomic mass is 9.77. The standard InChI is InChI=1S/C26H25FN2O5S/c1-4-10-33-17-7-5-6-15(11-17)21-20-22(31)18-12-16(27)8-9-19(18)34-23(20)25(32)29(21)26-28-13(2)24(35-26)14(3)30/h4-7,11,16,18-19,21H,1,8-10,12H2,2-3H3. The Balaban J connectivity index is 1.64. The molecule has 2 aromatic rings.